The van der Waals surface area contributed by atoms with Crippen molar-refractivity contribution >= 4 is 43.3 Å². The van der Waals surface area contributed by atoms with Crippen LogP contribution in [0.15, 0.2) is 24.3 Å². The van der Waals surface area contributed by atoms with E-state index in [-0.39, 0.29) is 46.0 Å². The van der Waals surface area contributed by atoms with Crippen molar-refractivity contribution in [1.82, 2.24) is 10.3 Å². The SMILES string of the molecule is O=C(O)Nc1sc(N2CCS(=O)(=O)CC2)nc1C(=O)NCc1ccccc1C(F)(F)F. The number of thiazole rings is 1. The second kappa shape index (κ2) is 8.70. The molecule has 2 aromatic rings. The second-order valence-electron chi connectivity index (χ2n) is 6.58. The van der Waals surface area contributed by atoms with Crippen LogP contribution in [-0.4, -0.2) is 55.1 Å². The van der Waals surface area contributed by atoms with E-state index in [1.54, 1.807) is 4.90 Å². The summed E-state index contributed by atoms with van der Waals surface area (Å²) in [6, 6.07) is 4.75. The first-order chi connectivity index (χ1) is 14.5. The first kappa shape index (κ1) is 22.8. The molecule has 9 nitrogen and oxygen atoms in total. The maximum absolute atomic E-state index is 13.1. The predicted molar refractivity (Wildman–Crippen MR) is 107 cm³/mol. The number of hydrogen-bond acceptors (Lipinski definition) is 7. The summed E-state index contributed by atoms with van der Waals surface area (Å²) >= 11 is 0.839. The van der Waals surface area contributed by atoms with E-state index in [9.17, 15) is 31.2 Å². The van der Waals surface area contributed by atoms with Crippen LogP contribution < -0.4 is 15.5 Å². The summed E-state index contributed by atoms with van der Waals surface area (Å²) in [5.41, 5.74) is -1.36. The molecule has 168 valence electrons. The van der Waals surface area contributed by atoms with E-state index in [0.717, 1.165) is 17.4 Å². The Morgan fingerprint density at radius 3 is 2.45 bits per heavy atom. The molecule has 3 rings (SSSR count). The number of nitrogens with zero attached hydrogens (tertiary/aromatic N) is 2. The Bertz CT molecular complexity index is 1090. The number of sulfone groups is 1. The van der Waals surface area contributed by atoms with E-state index >= 15 is 0 Å². The highest BCUT2D eigenvalue weighted by atomic mass is 32.2. The average molecular weight is 478 g/mol. The lowest BCUT2D eigenvalue weighted by molar-refractivity contribution is -0.138. The van der Waals surface area contributed by atoms with E-state index in [0.29, 0.717) is 0 Å². The molecule has 1 aromatic carbocycles. The molecule has 1 fully saturated rings. The topological polar surface area (TPSA) is 129 Å². The minimum atomic E-state index is -4.60. The monoisotopic (exact) mass is 478 g/mol. The van der Waals surface area contributed by atoms with Crippen LogP contribution in [0.5, 0.6) is 0 Å². The van der Waals surface area contributed by atoms with Crippen LogP contribution in [0.25, 0.3) is 0 Å². The molecule has 0 radical (unpaired) electrons. The maximum atomic E-state index is 13.1. The number of carboxylic acid groups (broad SMARTS) is 1. The van der Waals surface area contributed by atoms with E-state index in [2.05, 4.69) is 15.6 Å². The van der Waals surface area contributed by atoms with Gasteiger partial charge in [-0.2, -0.15) is 13.2 Å². The average Bonchev–Trinajstić information content (AvgIpc) is 3.08. The Labute approximate surface area is 178 Å². The smallest absolute Gasteiger partial charge is 0.416 e. The van der Waals surface area contributed by atoms with Crippen LogP contribution in [0, 0.1) is 0 Å². The fourth-order valence-corrected chi connectivity index (χ4v) is 5.10. The number of nitrogens with one attached hydrogen (secondary N) is 2. The van der Waals surface area contributed by atoms with Crippen LogP contribution in [0.1, 0.15) is 21.6 Å². The summed E-state index contributed by atoms with van der Waals surface area (Å²) < 4.78 is 62.5. The molecule has 14 heteroatoms. The fraction of sp³-hybridized carbons (Fsp3) is 0.353. The number of benzene rings is 1. The Hall–Kier alpha value is -2.87. The molecule has 1 aromatic heterocycles. The molecule has 0 spiro atoms. The van der Waals surface area contributed by atoms with E-state index < -0.39 is 40.1 Å². The third kappa shape index (κ3) is 5.64. The molecule has 3 N–H and O–H groups in total. The van der Waals surface area contributed by atoms with Crippen LogP contribution in [-0.2, 0) is 22.6 Å². The van der Waals surface area contributed by atoms with Crippen molar-refractivity contribution in [2.24, 2.45) is 0 Å². The number of rotatable bonds is 5. The van der Waals surface area contributed by atoms with Gasteiger partial charge in [-0.3, -0.25) is 10.1 Å². The van der Waals surface area contributed by atoms with Crippen molar-refractivity contribution in [2.75, 3.05) is 34.8 Å². The summed E-state index contributed by atoms with van der Waals surface area (Å²) in [5, 5.41) is 13.5. The second-order valence-corrected chi connectivity index (χ2v) is 9.86. The zero-order valence-electron chi connectivity index (χ0n) is 15.8. The molecular formula is C17H17F3N4O5S2. The number of halogens is 3. The van der Waals surface area contributed by atoms with Gasteiger partial charge in [0.25, 0.3) is 5.91 Å². The zero-order chi connectivity index (χ0) is 22.8. The van der Waals surface area contributed by atoms with Crippen LogP contribution in [0.3, 0.4) is 0 Å². The molecule has 0 atom stereocenters. The van der Waals surface area contributed by atoms with Crippen LogP contribution in [0.2, 0.25) is 0 Å². The lowest BCUT2D eigenvalue weighted by Crippen LogP contribution is -2.40. The van der Waals surface area contributed by atoms with E-state index in [4.69, 9.17) is 5.11 Å². The Morgan fingerprint density at radius 2 is 1.84 bits per heavy atom. The third-order valence-corrected chi connectivity index (χ3v) is 7.07. The van der Waals surface area contributed by atoms with Crippen molar-refractivity contribution in [3.63, 3.8) is 0 Å². The molecule has 1 saturated heterocycles. The van der Waals surface area contributed by atoms with Gasteiger partial charge in [0.15, 0.2) is 20.7 Å². The zero-order valence-corrected chi connectivity index (χ0v) is 17.4. The first-order valence-electron chi connectivity index (χ1n) is 8.86. The van der Waals surface area contributed by atoms with Crippen molar-refractivity contribution in [1.29, 1.82) is 0 Å². The molecule has 1 aliphatic heterocycles. The Morgan fingerprint density at radius 1 is 1.19 bits per heavy atom. The lowest BCUT2D eigenvalue weighted by Gasteiger charge is -2.25. The van der Waals surface area contributed by atoms with Gasteiger partial charge >= 0.3 is 12.3 Å². The van der Waals surface area contributed by atoms with Gasteiger partial charge in [-0.1, -0.05) is 29.5 Å². The van der Waals surface area contributed by atoms with Gasteiger partial charge in [-0.15, -0.1) is 0 Å². The van der Waals surface area contributed by atoms with Gasteiger partial charge in [-0.05, 0) is 11.6 Å². The minimum Gasteiger partial charge on any atom is -0.465 e. The third-order valence-electron chi connectivity index (χ3n) is 4.43. The van der Waals surface area contributed by atoms with Gasteiger partial charge in [0.05, 0.1) is 17.1 Å². The van der Waals surface area contributed by atoms with Crippen LogP contribution >= 0.6 is 11.3 Å². The summed E-state index contributed by atoms with van der Waals surface area (Å²) in [7, 11) is -3.16. The predicted octanol–water partition coefficient (Wildman–Crippen LogP) is 2.42. The lowest BCUT2D eigenvalue weighted by atomic mass is 10.1. The highest BCUT2D eigenvalue weighted by Crippen LogP contribution is 2.33. The number of alkyl halides is 3. The number of carbonyl (C=O) groups excluding carboxylic acids is 1. The molecule has 2 heterocycles. The van der Waals surface area contributed by atoms with Crippen molar-refractivity contribution in [2.45, 2.75) is 12.7 Å². The molecule has 31 heavy (non-hydrogen) atoms. The Balaban J connectivity index is 1.80. The van der Waals surface area contributed by atoms with Gasteiger partial charge in [0.1, 0.15) is 5.00 Å². The summed E-state index contributed by atoms with van der Waals surface area (Å²) in [4.78, 5) is 29.4. The summed E-state index contributed by atoms with van der Waals surface area (Å²) in [6.45, 7) is -0.194. The number of anilines is 2. The molecular weight excluding hydrogens is 461 g/mol. The van der Waals surface area contributed by atoms with Gasteiger partial charge < -0.3 is 15.3 Å². The first-order valence-corrected chi connectivity index (χ1v) is 11.5. The normalized spacial score (nSPS) is 16.0. The number of carbonyl (C=O) groups is 2. The van der Waals surface area contributed by atoms with Crippen molar-refractivity contribution in [3.8, 4) is 0 Å². The van der Waals surface area contributed by atoms with Gasteiger partial charge in [0.2, 0.25) is 0 Å². The standard InChI is InChI=1S/C17H17F3N4O5S2/c18-17(19,20)11-4-2-1-3-10(11)9-21-13(25)12-14(23-16(26)27)30-15(22-12)24-5-7-31(28,29)8-6-24/h1-4,23H,5-9H2,(H,21,25)(H,26,27). The summed E-state index contributed by atoms with van der Waals surface area (Å²) in [6.07, 6.45) is -6.05. The largest absolute Gasteiger partial charge is 0.465 e. The van der Waals surface area contributed by atoms with Crippen molar-refractivity contribution < 1.29 is 36.3 Å². The number of aromatic nitrogens is 1. The minimum absolute atomic E-state index is 0.107. The van der Waals surface area contributed by atoms with E-state index in [1.165, 1.54) is 18.2 Å². The maximum Gasteiger partial charge on any atom is 0.416 e. The fourth-order valence-electron chi connectivity index (χ4n) is 2.89. The molecule has 0 bridgehead atoms. The highest BCUT2D eigenvalue weighted by molar-refractivity contribution is 7.91. The Kier molecular flexibility index (Phi) is 6.40. The molecule has 0 unspecified atom stereocenters. The van der Waals surface area contributed by atoms with Crippen LogP contribution in [0.4, 0.5) is 28.1 Å². The van der Waals surface area contributed by atoms with Crippen molar-refractivity contribution in [3.05, 3.63) is 41.1 Å². The van der Waals surface area contributed by atoms with Gasteiger partial charge in [0, 0.05) is 19.6 Å². The van der Waals surface area contributed by atoms with Gasteiger partial charge in [-0.25, -0.2) is 18.2 Å². The molecule has 0 aliphatic carbocycles. The van der Waals surface area contributed by atoms with E-state index in [1.807, 2.05) is 0 Å². The number of amides is 2. The summed E-state index contributed by atoms with van der Waals surface area (Å²) in [5.74, 6) is -1.08. The quantitative estimate of drug-likeness (QED) is 0.602. The molecule has 2 amide bonds. The molecule has 1 aliphatic rings. The molecule has 0 saturated carbocycles. The highest BCUT2D eigenvalue weighted by Gasteiger charge is 2.33. The number of hydrogen-bond donors (Lipinski definition) is 3.